The minimum Gasteiger partial charge on any atom is -0.294 e. The first-order valence-corrected chi connectivity index (χ1v) is 7.68. The van der Waals surface area contributed by atoms with Gasteiger partial charge >= 0.3 is 8.26 Å². The summed E-state index contributed by atoms with van der Waals surface area (Å²) in [5, 5.41) is 0.664. The van der Waals surface area contributed by atoms with Crippen LogP contribution in [0.3, 0.4) is 0 Å². The average Bonchev–Trinajstić information content (AvgIpc) is 2.15. The number of rotatable bonds is 2. The fourth-order valence-electron chi connectivity index (χ4n) is 0.840. The standard InChI is InChI=1S/C9H9ClO.Cl2O2S/c1-2-9(11)7-3-5-8(10)6-4-7;1-5(2,3)4/h3-6H,2H2,1H3;. The van der Waals surface area contributed by atoms with Gasteiger partial charge in [-0.05, 0) is 24.3 Å². The Morgan fingerprint density at radius 1 is 1.19 bits per heavy atom. The molecule has 0 saturated heterocycles. The first-order chi connectivity index (χ1) is 7.24. The van der Waals surface area contributed by atoms with Crippen molar-refractivity contribution in [2.24, 2.45) is 0 Å². The van der Waals surface area contributed by atoms with Crippen molar-refractivity contribution in [1.29, 1.82) is 0 Å². The van der Waals surface area contributed by atoms with E-state index in [0.717, 1.165) is 5.56 Å². The minimum atomic E-state index is -3.72. The van der Waals surface area contributed by atoms with E-state index in [0.29, 0.717) is 11.4 Å². The molecule has 16 heavy (non-hydrogen) atoms. The number of carbonyl (C=O) groups excluding carboxylic acids is 1. The van der Waals surface area contributed by atoms with Crippen LogP contribution in [0.5, 0.6) is 0 Å². The fourth-order valence-corrected chi connectivity index (χ4v) is 0.966. The lowest BCUT2D eigenvalue weighted by atomic mass is 10.1. The Morgan fingerprint density at radius 3 is 1.88 bits per heavy atom. The van der Waals surface area contributed by atoms with Gasteiger partial charge in [0.15, 0.2) is 5.78 Å². The van der Waals surface area contributed by atoms with Crippen molar-refractivity contribution in [2.75, 3.05) is 0 Å². The van der Waals surface area contributed by atoms with Crippen LogP contribution in [0.4, 0.5) is 0 Å². The molecule has 0 N–H and O–H groups in total. The molecule has 0 aromatic heterocycles. The van der Waals surface area contributed by atoms with E-state index in [1.165, 1.54) is 0 Å². The molecule has 3 nitrogen and oxygen atoms in total. The third-order valence-electron chi connectivity index (χ3n) is 1.49. The van der Waals surface area contributed by atoms with Crippen LogP contribution in [0.25, 0.3) is 0 Å². The van der Waals surface area contributed by atoms with Gasteiger partial charge in [0.1, 0.15) is 0 Å². The van der Waals surface area contributed by atoms with Crippen LogP contribution in [-0.2, 0) is 8.26 Å². The van der Waals surface area contributed by atoms with Crippen LogP contribution in [0.1, 0.15) is 23.7 Å². The number of Topliss-reactive ketones (excluding diaryl/α,β-unsaturated/α-hetero) is 1. The van der Waals surface area contributed by atoms with Crippen LogP contribution < -0.4 is 0 Å². The monoisotopic (exact) mass is 302 g/mol. The second kappa shape index (κ2) is 7.12. The summed E-state index contributed by atoms with van der Waals surface area (Å²) in [5.74, 6) is 0.154. The summed E-state index contributed by atoms with van der Waals surface area (Å²) in [5.41, 5.74) is 0.733. The summed E-state index contributed by atoms with van der Waals surface area (Å²) in [6.45, 7) is 1.84. The van der Waals surface area contributed by atoms with Crippen molar-refractivity contribution in [2.45, 2.75) is 13.3 Å². The summed E-state index contributed by atoms with van der Waals surface area (Å²) in [6.07, 6.45) is 0.543. The fraction of sp³-hybridized carbons (Fsp3) is 0.222. The van der Waals surface area contributed by atoms with E-state index in [4.69, 9.17) is 20.0 Å². The summed E-state index contributed by atoms with van der Waals surface area (Å²) >= 11 is 5.65. The molecule has 0 heterocycles. The average molecular weight is 304 g/mol. The molecule has 0 bridgehead atoms. The molecule has 7 heteroatoms. The topological polar surface area (TPSA) is 51.2 Å². The highest BCUT2D eigenvalue weighted by molar-refractivity contribution is 8.31. The Kier molecular flexibility index (Phi) is 6.99. The highest BCUT2D eigenvalue weighted by atomic mass is 36.0. The molecule has 90 valence electrons. The first kappa shape index (κ1) is 15.7. The third-order valence-corrected chi connectivity index (χ3v) is 1.74. The lowest BCUT2D eigenvalue weighted by Gasteiger charge is -1.95. The molecule has 1 rings (SSSR count). The van der Waals surface area contributed by atoms with Gasteiger partial charge in [0.2, 0.25) is 0 Å². The molecule has 1 aromatic rings. The Morgan fingerprint density at radius 2 is 1.56 bits per heavy atom. The zero-order valence-corrected chi connectivity index (χ0v) is 11.4. The molecule has 0 aliphatic rings. The summed E-state index contributed by atoms with van der Waals surface area (Å²) in [7, 11) is 4.81. The van der Waals surface area contributed by atoms with Crippen molar-refractivity contribution in [1.82, 2.24) is 0 Å². The lowest BCUT2D eigenvalue weighted by Crippen LogP contribution is -1.94. The maximum atomic E-state index is 11.1. The molecule has 0 saturated carbocycles. The highest BCUT2D eigenvalue weighted by Crippen LogP contribution is 2.10. The number of halogens is 3. The van der Waals surface area contributed by atoms with Gasteiger partial charge in [-0.15, -0.1) is 0 Å². The molecule has 0 aliphatic heterocycles. The zero-order chi connectivity index (χ0) is 12.8. The van der Waals surface area contributed by atoms with Crippen LogP contribution in [0.15, 0.2) is 24.3 Å². The van der Waals surface area contributed by atoms with Crippen molar-refractivity contribution >= 4 is 47.0 Å². The van der Waals surface area contributed by atoms with Gasteiger partial charge in [-0.1, -0.05) is 18.5 Å². The Labute approximate surface area is 108 Å². The van der Waals surface area contributed by atoms with Gasteiger partial charge in [0.05, 0.1) is 0 Å². The first-order valence-electron chi connectivity index (χ1n) is 4.17. The van der Waals surface area contributed by atoms with Gasteiger partial charge in [-0.2, -0.15) is 8.42 Å². The van der Waals surface area contributed by atoms with E-state index < -0.39 is 8.26 Å². The second-order valence-corrected chi connectivity index (χ2v) is 6.77. The smallest absolute Gasteiger partial charge is 0.294 e. The molecule has 0 aliphatic carbocycles. The van der Waals surface area contributed by atoms with E-state index in [-0.39, 0.29) is 5.78 Å². The quantitative estimate of drug-likeness (QED) is 0.619. The molecule has 0 atom stereocenters. The van der Waals surface area contributed by atoms with E-state index in [2.05, 4.69) is 21.4 Å². The van der Waals surface area contributed by atoms with Crippen LogP contribution >= 0.6 is 33.0 Å². The normalized spacial score (nSPS) is 10.2. The maximum absolute atomic E-state index is 11.1. The van der Waals surface area contributed by atoms with Gasteiger partial charge in [-0.25, -0.2) is 0 Å². The summed E-state index contributed by atoms with van der Waals surface area (Å²) in [4.78, 5) is 11.1. The Hall–Kier alpha value is -0.290. The van der Waals surface area contributed by atoms with E-state index >= 15 is 0 Å². The van der Waals surface area contributed by atoms with E-state index in [9.17, 15) is 4.79 Å². The number of carbonyl (C=O) groups is 1. The predicted molar refractivity (Wildman–Crippen MR) is 66.7 cm³/mol. The molecule has 0 spiro atoms. The summed E-state index contributed by atoms with van der Waals surface area (Å²) < 4.78 is 18.3. The number of hydrogen-bond donors (Lipinski definition) is 0. The van der Waals surface area contributed by atoms with Crippen molar-refractivity contribution in [3.63, 3.8) is 0 Å². The molecule has 0 fully saturated rings. The Bertz CT molecular complexity index is 432. The van der Waals surface area contributed by atoms with Crippen molar-refractivity contribution in [3.8, 4) is 0 Å². The number of benzene rings is 1. The molecule has 1 aromatic carbocycles. The Balaban J connectivity index is 0.000000385. The molecule has 0 amide bonds. The van der Waals surface area contributed by atoms with E-state index in [1.54, 1.807) is 24.3 Å². The van der Waals surface area contributed by atoms with Gasteiger partial charge in [-0.3, -0.25) is 4.79 Å². The zero-order valence-electron chi connectivity index (χ0n) is 8.28. The largest absolute Gasteiger partial charge is 0.317 e. The molecular formula is C9H9Cl3O3S. The predicted octanol–water partition coefficient (Wildman–Crippen LogP) is 3.64. The summed E-state index contributed by atoms with van der Waals surface area (Å²) in [6, 6.07) is 6.94. The minimum absolute atomic E-state index is 0.154. The number of hydrogen-bond acceptors (Lipinski definition) is 3. The molecular weight excluding hydrogens is 295 g/mol. The lowest BCUT2D eigenvalue weighted by molar-refractivity contribution is 0.0988. The highest BCUT2D eigenvalue weighted by Gasteiger charge is 2.00. The van der Waals surface area contributed by atoms with E-state index in [1.807, 2.05) is 6.92 Å². The van der Waals surface area contributed by atoms with Crippen LogP contribution in [0, 0.1) is 0 Å². The van der Waals surface area contributed by atoms with Crippen molar-refractivity contribution in [3.05, 3.63) is 34.9 Å². The second-order valence-electron chi connectivity index (χ2n) is 2.66. The molecule has 0 radical (unpaired) electrons. The molecule has 0 unspecified atom stereocenters. The van der Waals surface area contributed by atoms with Crippen LogP contribution in [0.2, 0.25) is 5.02 Å². The van der Waals surface area contributed by atoms with Crippen molar-refractivity contribution < 1.29 is 13.2 Å². The number of ketones is 1. The maximum Gasteiger partial charge on any atom is 0.317 e. The third kappa shape index (κ3) is 8.97. The SMILES string of the molecule is CCC(=O)c1ccc(Cl)cc1.O=S(=O)(Cl)Cl. The van der Waals surface area contributed by atoms with Gasteiger partial charge in [0, 0.05) is 38.4 Å². The van der Waals surface area contributed by atoms with Gasteiger partial charge < -0.3 is 0 Å². The van der Waals surface area contributed by atoms with Crippen LogP contribution in [-0.4, -0.2) is 14.2 Å². The van der Waals surface area contributed by atoms with Gasteiger partial charge in [0.25, 0.3) is 0 Å².